The van der Waals surface area contributed by atoms with Crippen LogP contribution in [0.3, 0.4) is 0 Å². The fraction of sp³-hybridized carbons (Fsp3) is 0.400. The molecule has 0 radical (unpaired) electrons. The van der Waals surface area contributed by atoms with Crippen LogP contribution < -0.4 is 9.31 Å². The molecule has 122 valence electrons. The lowest BCUT2D eigenvalue weighted by atomic mass is 10.0. The van der Waals surface area contributed by atoms with Gasteiger partial charge in [-0.2, -0.15) is 0 Å². The van der Waals surface area contributed by atoms with E-state index in [4.69, 9.17) is 9.31 Å². The van der Waals surface area contributed by atoms with E-state index in [1.54, 1.807) is 0 Å². The van der Waals surface area contributed by atoms with Crippen molar-refractivity contribution in [2.75, 3.05) is 0 Å². The fourth-order valence-electron chi connectivity index (χ4n) is 2.55. The quantitative estimate of drug-likeness (QED) is 0.652. The minimum absolute atomic E-state index is 0.229. The van der Waals surface area contributed by atoms with Gasteiger partial charge < -0.3 is 9.31 Å². The molecule has 0 bridgehead atoms. The Morgan fingerprint density at radius 2 is 1.00 bits per heavy atom. The normalized spacial score (nSPS) is 10.9. The van der Waals surface area contributed by atoms with Crippen molar-refractivity contribution in [3.05, 3.63) is 59.7 Å². The first-order valence-corrected chi connectivity index (χ1v) is 8.46. The van der Waals surface area contributed by atoms with Crippen molar-refractivity contribution in [2.24, 2.45) is 11.8 Å². The molecule has 0 saturated heterocycles. The van der Waals surface area contributed by atoms with Crippen molar-refractivity contribution in [2.45, 2.75) is 40.5 Å². The number of hydrogen-bond acceptors (Lipinski definition) is 2. The molecule has 0 saturated carbocycles. The largest absolute Gasteiger partial charge is 0.576 e. The second kappa shape index (κ2) is 8.66. The van der Waals surface area contributed by atoms with Crippen LogP contribution in [0.4, 0.5) is 0 Å². The molecule has 0 amide bonds. The Labute approximate surface area is 141 Å². The van der Waals surface area contributed by atoms with Crippen LogP contribution in [-0.2, 0) is 12.8 Å². The van der Waals surface area contributed by atoms with Crippen molar-refractivity contribution in [3.63, 3.8) is 0 Å². The van der Waals surface area contributed by atoms with E-state index in [2.05, 4.69) is 52.0 Å². The van der Waals surface area contributed by atoms with Crippen LogP contribution in [0, 0.1) is 11.8 Å². The molecule has 0 spiro atoms. The minimum atomic E-state index is 0.229. The predicted molar refractivity (Wildman–Crippen MR) is 98.4 cm³/mol. The SMILES string of the molecule is CC(C)Cc1ccc(OBOc2ccc(CC(C)C)cc2)cc1. The first-order valence-electron chi connectivity index (χ1n) is 8.46. The molecule has 0 aromatic heterocycles. The van der Waals surface area contributed by atoms with Gasteiger partial charge in [-0.1, -0.05) is 52.0 Å². The summed E-state index contributed by atoms with van der Waals surface area (Å²) in [7, 11) is 0.229. The lowest BCUT2D eigenvalue weighted by Crippen LogP contribution is -2.11. The molecule has 2 aromatic rings. The van der Waals surface area contributed by atoms with Crippen LogP contribution in [0.5, 0.6) is 11.5 Å². The molecule has 0 fully saturated rings. The summed E-state index contributed by atoms with van der Waals surface area (Å²) in [5.74, 6) is 3.02. The molecule has 0 aliphatic heterocycles. The van der Waals surface area contributed by atoms with Crippen LogP contribution in [-0.4, -0.2) is 7.69 Å². The van der Waals surface area contributed by atoms with Crippen LogP contribution >= 0.6 is 0 Å². The zero-order valence-electron chi connectivity index (χ0n) is 14.7. The van der Waals surface area contributed by atoms with E-state index in [0.717, 1.165) is 24.3 Å². The lowest BCUT2D eigenvalue weighted by Gasteiger charge is -2.10. The molecular formula is C20H27BO2. The topological polar surface area (TPSA) is 18.5 Å². The summed E-state index contributed by atoms with van der Waals surface area (Å²) >= 11 is 0. The van der Waals surface area contributed by atoms with E-state index in [1.165, 1.54) is 11.1 Å². The summed E-state index contributed by atoms with van der Waals surface area (Å²) in [6.45, 7) is 8.91. The summed E-state index contributed by atoms with van der Waals surface area (Å²) < 4.78 is 11.3. The zero-order valence-corrected chi connectivity index (χ0v) is 14.7. The summed E-state index contributed by atoms with van der Waals surface area (Å²) in [5, 5.41) is 0. The van der Waals surface area contributed by atoms with Gasteiger partial charge in [0, 0.05) is 0 Å². The van der Waals surface area contributed by atoms with Gasteiger partial charge in [-0.25, -0.2) is 0 Å². The monoisotopic (exact) mass is 310 g/mol. The lowest BCUT2D eigenvalue weighted by molar-refractivity contribution is 0.458. The van der Waals surface area contributed by atoms with Gasteiger partial charge in [0.25, 0.3) is 0 Å². The predicted octanol–water partition coefficient (Wildman–Crippen LogP) is 4.81. The van der Waals surface area contributed by atoms with Crippen molar-refractivity contribution in [3.8, 4) is 11.5 Å². The standard InChI is InChI=1S/C20H27BO2/c1-15(2)13-17-5-9-19(10-6-17)22-21-23-20-11-7-18(8-12-20)14-16(3)4/h5-12,15-16,21H,13-14H2,1-4H3. The van der Waals surface area contributed by atoms with Gasteiger partial charge in [-0.05, 0) is 60.1 Å². The Hall–Kier alpha value is -1.90. The summed E-state index contributed by atoms with van der Waals surface area (Å²) in [6, 6.07) is 16.5. The first-order chi connectivity index (χ1) is 11.0. The molecule has 0 aliphatic carbocycles. The van der Waals surface area contributed by atoms with E-state index in [9.17, 15) is 0 Å². The van der Waals surface area contributed by atoms with Crippen LogP contribution in [0.2, 0.25) is 0 Å². The maximum Gasteiger partial charge on any atom is 0.576 e. The Kier molecular flexibility index (Phi) is 6.58. The average molecular weight is 310 g/mol. The number of rotatable bonds is 8. The Balaban J connectivity index is 1.78. The second-order valence-electron chi connectivity index (χ2n) is 6.89. The Morgan fingerprint density at radius 1 is 0.652 bits per heavy atom. The minimum Gasteiger partial charge on any atom is -0.529 e. The smallest absolute Gasteiger partial charge is 0.529 e. The highest BCUT2D eigenvalue weighted by Crippen LogP contribution is 2.17. The molecule has 23 heavy (non-hydrogen) atoms. The maximum absolute atomic E-state index is 5.64. The van der Waals surface area contributed by atoms with Crippen molar-refractivity contribution >= 4 is 7.69 Å². The van der Waals surface area contributed by atoms with E-state index in [-0.39, 0.29) is 7.69 Å². The summed E-state index contributed by atoms with van der Waals surface area (Å²) in [5.41, 5.74) is 2.68. The zero-order chi connectivity index (χ0) is 16.7. The molecule has 2 nitrogen and oxygen atoms in total. The third-order valence-corrected chi connectivity index (χ3v) is 3.59. The highest BCUT2D eigenvalue weighted by Gasteiger charge is 2.03. The third-order valence-electron chi connectivity index (χ3n) is 3.59. The highest BCUT2D eigenvalue weighted by atomic mass is 16.6. The average Bonchev–Trinajstić information content (AvgIpc) is 2.50. The van der Waals surface area contributed by atoms with Gasteiger partial charge in [0.05, 0.1) is 0 Å². The molecule has 3 heteroatoms. The molecule has 0 N–H and O–H groups in total. The maximum atomic E-state index is 5.64. The molecule has 0 heterocycles. The van der Waals surface area contributed by atoms with Crippen molar-refractivity contribution < 1.29 is 9.31 Å². The van der Waals surface area contributed by atoms with Crippen molar-refractivity contribution in [1.82, 2.24) is 0 Å². The molecular weight excluding hydrogens is 283 g/mol. The summed E-state index contributed by atoms with van der Waals surface area (Å²) in [6.07, 6.45) is 2.19. The second-order valence-corrected chi connectivity index (χ2v) is 6.89. The molecule has 0 unspecified atom stereocenters. The number of hydrogen-bond donors (Lipinski definition) is 0. The van der Waals surface area contributed by atoms with Gasteiger partial charge in [0.15, 0.2) is 0 Å². The molecule has 2 aromatic carbocycles. The van der Waals surface area contributed by atoms with Gasteiger partial charge >= 0.3 is 7.69 Å². The van der Waals surface area contributed by atoms with E-state index >= 15 is 0 Å². The first kappa shape index (κ1) is 17.5. The molecule has 0 atom stereocenters. The Bertz CT molecular complexity index is 520. The van der Waals surface area contributed by atoms with E-state index in [1.807, 2.05) is 24.3 Å². The van der Waals surface area contributed by atoms with Gasteiger partial charge in [0.1, 0.15) is 11.5 Å². The van der Waals surface area contributed by atoms with Crippen molar-refractivity contribution in [1.29, 1.82) is 0 Å². The van der Waals surface area contributed by atoms with Gasteiger partial charge in [-0.15, -0.1) is 0 Å². The molecule has 2 rings (SSSR count). The van der Waals surface area contributed by atoms with Crippen LogP contribution in [0.25, 0.3) is 0 Å². The summed E-state index contributed by atoms with van der Waals surface area (Å²) in [4.78, 5) is 0. The van der Waals surface area contributed by atoms with Gasteiger partial charge in [0.2, 0.25) is 0 Å². The molecule has 0 aliphatic rings. The third kappa shape index (κ3) is 6.39. The van der Waals surface area contributed by atoms with Gasteiger partial charge in [-0.3, -0.25) is 0 Å². The van der Waals surface area contributed by atoms with E-state index < -0.39 is 0 Å². The van der Waals surface area contributed by atoms with Crippen LogP contribution in [0.1, 0.15) is 38.8 Å². The Morgan fingerprint density at radius 3 is 1.30 bits per heavy atom. The number of benzene rings is 2. The highest BCUT2D eigenvalue weighted by molar-refractivity contribution is 6.20. The fourth-order valence-corrected chi connectivity index (χ4v) is 2.55. The van der Waals surface area contributed by atoms with E-state index in [0.29, 0.717) is 11.8 Å². The van der Waals surface area contributed by atoms with Crippen LogP contribution in [0.15, 0.2) is 48.5 Å².